The number of nitrogen functional groups attached to an aromatic ring is 1. The first-order valence-electron chi connectivity index (χ1n) is 16.2. The number of anilines is 2. The molecule has 46 heavy (non-hydrogen) atoms. The number of ether oxygens (including phenoxy) is 1. The number of morpholine rings is 1. The van der Waals surface area contributed by atoms with Crippen LogP contribution in [-0.4, -0.2) is 107 Å². The van der Waals surface area contributed by atoms with Gasteiger partial charge in [0.2, 0.25) is 5.91 Å². The number of amides is 1. The summed E-state index contributed by atoms with van der Waals surface area (Å²) >= 11 is 0. The lowest BCUT2D eigenvalue weighted by atomic mass is 9.85. The molecule has 5 heterocycles. The fraction of sp³-hybridized carbons (Fsp3) is 0.429. The van der Waals surface area contributed by atoms with Gasteiger partial charge in [-0.1, -0.05) is 36.9 Å². The number of likely N-dealkylation sites (tertiary alicyclic amines) is 1. The number of amidine groups is 1. The van der Waals surface area contributed by atoms with Crippen LogP contribution in [0.1, 0.15) is 30.4 Å². The number of carbonyl (C=O) groups excluding carboxylic acids is 1. The van der Waals surface area contributed by atoms with E-state index < -0.39 is 0 Å². The van der Waals surface area contributed by atoms with Crippen LogP contribution < -0.4 is 10.6 Å². The molecule has 240 valence electrons. The molecule has 4 aliphatic rings. The highest BCUT2D eigenvalue weighted by atomic mass is 16.5. The van der Waals surface area contributed by atoms with Crippen molar-refractivity contribution >= 4 is 28.7 Å². The van der Waals surface area contributed by atoms with E-state index in [4.69, 9.17) is 15.9 Å². The maximum Gasteiger partial charge on any atom is 0.234 e. The molecule has 1 amide bonds. The normalized spacial score (nSPS) is 22.2. The molecule has 0 unspecified atom stereocenters. The molecule has 0 bridgehead atoms. The molecule has 0 radical (unpaired) electrons. The van der Waals surface area contributed by atoms with Gasteiger partial charge in [0.1, 0.15) is 12.2 Å². The van der Waals surface area contributed by atoms with Gasteiger partial charge in [0.25, 0.3) is 0 Å². The minimum Gasteiger partial charge on any atom is -0.398 e. The summed E-state index contributed by atoms with van der Waals surface area (Å²) in [5.41, 5.74) is 12.7. The van der Waals surface area contributed by atoms with E-state index in [9.17, 15) is 4.79 Å². The zero-order chi connectivity index (χ0) is 31.8. The third-order valence-corrected chi connectivity index (χ3v) is 10.1. The number of rotatable bonds is 7. The predicted octanol–water partition coefficient (Wildman–Crippen LogP) is 3.45. The molecule has 11 nitrogen and oxygen atoms in total. The molecule has 1 atom stereocenters. The number of aryl methyl sites for hydroxylation is 1. The van der Waals surface area contributed by atoms with Crippen LogP contribution in [0.25, 0.3) is 17.0 Å². The van der Waals surface area contributed by atoms with Crippen molar-refractivity contribution < 1.29 is 9.53 Å². The molecule has 1 spiro atoms. The Bertz CT molecular complexity index is 1670. The summed E-state index contributed by atoms with van der Waals surface area (Å²) in [4.78, 5) is 27.0. The molecule has 11 heteroatoms. The fourth-order valence-corrected chi connectivity index (χ4v) is 7.29. The van der Waals surface area contributed by atoms with Gasteiger partial charge in [-0.05, 0) is 55.1 Å². The first-order valence-corrected chi connectivity index (χ1v) is 16.2. The van der Waals surface area contributed by atoms with Crippen LogP contribution in [-0.2, 0) is 16.6 Å². The molecule has 3 N–H and O–H groups in total. The summed E-state index contributed by atoms with van der Waals surface area (Å²) in [6, 6.07) is 14.2. The second-order valence-electron chi connectivity index (χ2n) is 13.0. The van der Waals surface area contributed by atoms with Crippen molar-refractivity contribution in [3.05, 3.63) is 78.3 Å². The van der Waals surface area contributed by atoms with E-state index in [1.54, 1.807) is 11.0 Å². The van der Waals surface area contributed by atoms with Gasteiger partial charge in [0, 0.05) is 81.1 Å². The van der Waals surface area contributed by atoms with E-state index in [1.807, 2.05) is 35.0 Å². The van der Waals surface area contributed by atoms with Gasteiger partial charge in [-0.2, -0.15) is 5.10 Å². The van der Waals surface area contributed by atoms with Gasteiger partial charge in [-0.25, -0.2) is 4.98 Å². The highest BCUT2D eigenvalue weighted by molar-refractivity contribution is 6.05. The zero-order valence-electron chi connectivity index (χ0n) is 26.6. The van der Waals surface area contributed by atoms with E-state index in [2.05, 4.69) is 56.8 Å². The summed E-state index contributed by atoms with van der Waals surface area (Å²) in [6.07, 6.45) is 6.68. The lowest BCUT2D eigenvalue weighted by Crippen LogP contribution is -2.41. The van der Waals surface area contributed by atoms with Gasteiger partial charge in [0.15, 0.2) is 5.82 Å². The Hall–Kier alpha value is -4.48. The minimum absolute atomic E-state index is 0.185. The molecule has 2 aromatic carbocycles. The van der Waals surface area contributed by atoms with E-state index in [0.29, 0.717) is 49.9 Å². The number of aromatic nitrogens is 3. The number of hydrogen-bond acceptors (Lipinski definition) is 8. The molecular formula is C35H43N9O2. The maximum atomic E-state index is 13.9. The second kappa shape index (κ2) is 12.4. The quantitative estimate of drug-likeness (QED) is 0.234. The second-order valence-corrected chi connectivity index (χ2v) is 13.0. The summed E-state index contributed by atoms with van der Waals surface area (Å²) in [7, 11) is 1.88. The van der Waals surface area contributed by atoms with Crippen LogP contribution in [0.4, 0.5) is 11.4 Å². The van der Waals surface area contributed by atoms with Crippen molar-refractivity contribution in [3.8, 4) is 11.4 Å². The molecule has 0 saturated carbocycles. The topological polar surface area (TPSA) is 120 Å². The molecule has 1 aromatic heterocycles. The third-order valence-electron chi connectivity index (χ3n) is 10.1. The Labute approximate surface area is 270 Å². The lowest BCUT2D eigenvalue weighted by molar-refractivity contribution is -0.125. The largest absolute Gasteiger partial charge is 0.398 e. The Morgan fingerprint density at radius 3 is 2.50 bits per heavy atom. The van der Waals surface area contributed by atoms with Crippen molar-refractivity contribution in [2.24, 2.45) is 12.5 Å². The van der Waals surface area contributed by atoms with Gasteiger partial charge in [-0.3, -0.25) is 19.8 Å². The monoisotopic (exact) mass is 621 g/mol. The van der Waals surface area contributed by atoms with Crippen LogP contribution >= 0.6 is 0 Å². The van der Waals surface area contributed by atoms with Crippen LogP contribution in [0.3, 0.4) is 0 Å². The molecular weight excluding hydrogens is 578 g/mol. The third kappa shape index (κ3) is 5.80. The van der Waals surface area contributed by atoms with Crippen LogP contribution in [0.5, 0.6) is 0 Å². The molecule has 3 aromatic rings. The van der Waals surface area contributed by atoms with E-state index in [-0.39, 0.29) is 11.3 Å². The van der Waals surface area contributed by atoms with E-state index in [1.165, 1.54) is 11.1 Å². The predicted molar refractivity (Wildman–Crippen MR) is 180 cm³/mol. The van der Waals surface area contributed by atoms with Crippen molar-refractivity contribution in [3.63, 3.8) is 0 Å². The molecule has 0 aliphatic carbocycles. The summed E-state index contributed by atoms with van der Waals surface area (Å²) in [6.45, 7) is 11.9. The maximum absolute atomic E-state index is 13.9. The molecule has 7 rings (SSSR count). The van der Waals surface area contributed by atoms with E-state index in [0.717, 1.165) is 74.8 Å². The van der Waals surface area contributed by atoms with Crippen molar-refractivity contribution in [1.82, 2.24) is 29.5 Å². The van der Waals surface area contributed by atoms with Gasteiger partial charge < -0.3 is 25.2 Å². The van der Waals surface area contributed by atoms with Gasteiger partial charge in [-0.15, -0.1) is 0 Å². The Morgan fingerprint density at radius 2 is 1.78 bits per heavy atom. The number of hydrogen-bond donors (Lipinski definition) is 2. The number of nitrogens with two attached hydrogens (primary N) is 1. The number of carbonyl (C=O) groups is 1. The number of benzene rings is 2. The fourth-order valence-electron chi connectivity index (χ4n) is 7.29. The van der Waals surface area contributed by atoms with Gasteiger partial charge >= 0.3 is 0 Å². The Balaban J connectivity index is 0.946. The molecule has 3 fully saturated rings. The lowest BCUT2D eigenvalue weighted by Gasteiger charge is -2.32. The molecule has 3 saturated heterocycles. The number of nitrogens with zero attached hydrogens (tertiary/aromatic N) is 7. The van der Waals surface area contributed by atoms with Crippen LogP contribution in [0.15, 0.2) is 67.1 Å². The first-order chi connectivity index (χ1) is 22.3. The Kier molecular flexibility index (Phi) is 8.12. The van der Waals surface area contributed by atoms with Gasteiger partial charge in [0.05, 0.1) is 18.6 Å². The smallest absolute Gasteiger partial charge is 0.234 e. The first kappa shape index (κ1) is 30.2. The van der Waals surface area contributed by atoms with Crippen molar-refractivity contribution in [2.45, 2.75) is 19.3 Å². The average Bonchev–Trinajstić information content (AvgIpc) is 3.80. The standard InChI is InChI=1S/C35H43N9O2/c1-25(42-13-9-27(10-14-42)26-3-5-28(6-4-26)33-38-24-40(2)39-33)22-41-15-11-35(23-41)12-16-44(34(35)45)29-7-8-31(36)30(21-29)32(37)43-17-19-46-20-18-43/h3-9,21,24,37H,1,10-20,22-23,36H2,2H3/t35-/m0/s1. The highest BCUT2D eigenvalue weighted by Gasteiger charge is 2.51. The minimum atomic E-state index is -0.370. The van der Waals surface area contributed by atoms with Crippen molar-refractivity contribution in [1.29, 1.82) is 5.41 Å². The SMILES string of the molecule is C=C(CN1CC[C@]2(CCN(c3ccc(N)c(C(=N)N4CCOCC4)c3)C2=O)C1)N1CC=C(c2ccc(-c3ncn(C)n3)cc2)CC1. The van der Waals surface area contributed by atoms with Crippen molar-refractivity contribution in [2.75, 3.05) is 76.2 Å². The Morgan fingerprint density at radius 1 is 1.02 bits per heavy atom. The molecule has 4 aliphatic heterocycles. The highest BCUT2D eigenvalue weighted by Crippen LogP contribution is 2.43. The van der Waals surface area contributed by atoms with E-state index >= 15 is 0 Å². The average molecular weight is 622 g/mol. The summed E-state index contributed by atoms with van der Waals surface area (Å²) < 4.78 is 7.17. The summed E-state index contributed by atoms with van der Waals surface area (Å²) in [5, 5.41) is 13.2. The van der Waals surface area contributed by atoms with Crippen LogP contribution in [0.2, 0.25) is 0 Å². The van der Waals surface area contributed by atoms with Crippen LogP contribution in [0, 0.1) is 10.8 Å². The zero-order valence-corrected chi connectivity index (χ0v) is 26.6. The number of nitrogens with one attached hydrogen (secondary N) is 1. The summed E-state index contributed by atoms with van der Waals surface area (Å²) in [5.74, 6) is 1.32.